The molecule has 0 unspecified atom stereocenters. The second-order valence-corrected chi connectivity index (χ2v) is 3.99. The first-order valence-electron chi connectivity index (χ1n) is 5.64. The maximum Gasteiger partial charge on any atom is 0.321 e. The predicted octanol–water partition coefficient (Wildman–Crippen LogP) is 0.946. The van der Waals surface area contributed by atoms with Crippen LogP contribution < -0.4 is 16.4 Å². The van der Waals surface area contributed by atoms with Crippen LogP contribution in [0.2, 0.25) is 0 Å². The van der Waals surface area contributed by atoms with Gasteiger partial charge in [0, 0.05) is 0 Å². The average molecular weight is 236 g/mol. The van der Waals surface area contributed by atoms with Crippen molar-refractivity contribution in [3.63, 3.8) is 0 Å². The number of hydrogen-bond donors (Lipinski definition) is 3. The Morgan fingerprint density at radius 3 is 3.00 bits per heavy atom. The minimum absolute atomic E-state index is 0.173. The van der Waals surface area contributed by atoms with Crippen molar-refractivity contribution in [3.05, 3.63) is 24.2 Å². The highest BCUT2D eigenvalue weighted by Gasteiger charge is 2.16. The van der Waals surface area contributed by atoms with Crippen molar-refractivity contribution in [2.45, 2.75) is 31.8 Å². The van der Waals surface area contributed by atoms with E-state index in [0.717, 1.165) is 12.8 Å². The lowest BCUT2D eigenvalue weighted by atomic mass is 9.94. The maximum atomic E-state index is 11.4. The molecule has 2 amide bonds. The summed E-state index contributed by atoms with van der Waals surface area (Å²) in [5, 5.41) is 5.10. The Morgan fingerprint density at radius 2 is 2.41 bits per heavy atom. The molecular weight excluding hydrogens is 220 g/mol. The van der Waals surface area contributed by atoms with Crippen molar-refractivity contribution in [1.29, 1.82) is 0 Å². The summed E-state index contributed by atoms with van der Waals surface area (Å²) < 4.78 is 5.08. The average Bonchev–Trinajstić information content (AvgIpc) is 2.73. The summed E-state index contributed by atoms with van der Waals surface area (Å²) >= 11 is 0. The summed E-state index contributed by atoms with van der Waals surface area (Å²) in [6, 6.07) is 3.45. The molecule has 0 aliphatic heterocycles. The molecule has 0 saturated heterocycles. The lowest BCUT2D eigenvalue weighted by Crippen LogP contribution is -2.44. The Labute approximate surface area is 99.3 Å². The van der Waals surface area contributed by atoms with E-state index in [1.54, 1.807) is 18.4 Å². The Kier molecular flexibility index (Phi) is 3.64. The topological polar surface area (TPSA) is 92.6 Å². The number of nitrogens with zero attached hydrogens (tertiary/aromatic N) is 1. The lowest BCUT2D eigenvalue weighted by molar-refractivity contribution is 0.243. The molecule has 0 radical (unpaired) electrons. The molecule has 1 aliphatic carbocycles. The molecule has 1 aromatic rings. The van der Waals surface area contributed by atoms with Gasteiger partial charge in [-0.3, -0.25) is 5.32 Å². The summed E-state index contributed by atoms with van der Waals surface area (Å²) in [4.78, 5) is 15.6. The van der Waals surface area contributed by atoms with Gasteiger partial charge in [-0.1, -0.05) is 0 Å². The molecule has 1 aliphatic rings. The summed E-state index contributed by atoms with van der Waals surface area (Å²) in [6.45, 7) is 0.329. The molecule has 17 heavy (non-hydrogen) atoms. The Balaban J connectivity index is 1.71. The zero-order chi connectivity index (χ0) is 12.1. The molecule has 1 saturated carbocycles. The van der Waals surface area contributed by atoms with Crippen molar-refractivity contribution in [2.75, 3.05) is 0 Å². The van der Waals surface area contributed by atoms with Gasteiger partial charge >= 0.3 is 6.03 Å². The molecule has 2 rings (SSSR count). The molecule has 4 N–H and O–H groups in total. The number of urea groups is 1. The fourth-order valence-corrected chi connectivity index (χ4v) is 1.49. The van der Waals surface area contributed by atoms with Gasteiger partial charge in [0.25, 0.3) is 0 Å². The van der Waals surface area contributed by atoms with Crippen LogP contribution in [0.1, 0.15) is 25.0 Å². The van der Waals surface area contributed by atoms with Crippen LogP contribution in [0.5, 0.6) is 0 Å². The first kappa shape index (κ1) is 11.5. The largest absolute Gasteiger partial charge is 0.467 e. The van der Waals surface area contributed by atoms with E-state index in [-0.39, 0.29) is 18.0 Å². The molecule has 0 bridgehead atoms. The highest BCUT2D eigenvalue weighted by molar-refractivity contribution is 5.95. The Bertz CT molecular complexity index is 396. The molecule has 0 spiro atoms. The number of hydrogen-bond acceptors (Lipinski definition) is 3. The molecule has 92 valence electrons. The molecule has 6 heteroatoms. The van der Waals surface area contributed by atoms with Gasteiger partial charge < -0.3 is 15.5 Å². The van der Waals surface area contributed by atoms with Gasteiger partial charge in [0.15, 0.2) is 5.96 Å². The molecule has 6 nitrogen and oxygen atoms in total. The van der Waals surface area contributed by atoms with Crippen LogP contribution >= 0.6 is 0 Å². The highest BCUT2D eigenvalue weighted by atomic mass is 16.3. The third-order valence-corrected chi connectivity index (χ3v) is 2.64. The molecule has 1 aromatic heterocycles. The number of furan rings is 1. The van der Waals surface area contributed by atoms with Gasteiger partial charge in [-0.15, -0.1) is 0 Å². The number of amides is 2. The second kappa shape index (κ2) is 5.38. The van der Waals surface area contributed by atoms with Gasteiger partial charge in [-0.05, 0) is 31.4 Å². The van der Waals surface area contributed by atoms with Crippen LogP contribution in [0.15, 0.2) is 27.8 Å². The normalized spacial score (nSPS) is 16.4. The van der Waals surface area contributed by atoms with E-state index < -0.39 is 0 Å². The number of nitrogens with one attached hydrogen (secondary N) is 2. The van der Waals surface area contributed by atoms with Crippen LogP contribution in [0.3, 0.4) is 0 Å². The van der Waals surface area contributed by atoms with Gasteiger partial charge in [-0.25, -0.2) is 9.79 Å². The lowest BCUT2D eigenvalue weighted by Gasteiger charge is -2.21. The van der Waals surface area contributed by atoms with Crippen molar-refractivity contribution in [3.8, 4) is 0 Å². The predicted molar refractivity (Wildman–Crippen MR) is 63.3 cm³/mol. The fourth-order valence-electron chi connectivity index (χ4n) is 1.49. The summed E-state index contributed by atoms with van der Waals surface area (Å²) in [7, 11) is 0. The highest BCUT2D eigenvalue weighted by Crippen LogP contribution is 2.21. The van der Waals surface area contributed by atoms with E-state index in [2.05, 4.69) is 15.6 Å². The fraction of sp³-hybridized carbons (Fsp3) is 0.455. The molecule has 0 atom stereocenters. The van der Waals surface area contributed by atoms with Gasteiger partial charge in [0.1, 0.15) is 5.76 Å². The first-order chi connectivity index (χ1) is 8.24. The van der Waals surface area contributed by atoms with Gasteiger partial charge in [0.05, 0.1) is 18.8 Å². The number of carbonyl (C=O) groups is 1. The van der Waals surface area contributed by atoms with E-state index in [0.29, 0.717) is 12.3 Å². The number of nitrogens with two attached hydrogens (primary N) is 1. The van der Waals surface area contributed by atoms with E-state index in [4.69, 9.17) is 10.2 Å². The van der Waals surface area contributed by atoms with Crippen molar-refractivity contribution in [1.82, 2.24) is 10.6 Å². The van der Waals surface area contributed by atoms with Gasteiger partial charge in [-0.2, -0.15) is 0 Å². The minimum Gasteiger partial charge on any atom is -0.467 e. The van der Waals surface area contributed by atoms with E-state index in [1.807, 2.05) is 0 Å². The SMILES string of the molecule is NC(=NC1CCC1)NC(=O)NCc1ccco1. The zero-order valence-electron chi connectivity index (χ0n) is 9.48. The smallest absolute Gasteiger partial charge is 0.321 e. The number of guanidine groups is 1. The first-order valence-corrected chi connectivity index (χ1v) is 5.64. The molecule has 1 fully saturated rings. The summed E-state index contributed by atoms with van der Waals surface area (Å²) in [5.74, 6) is 0.862. The molecular formula is C11H16N4O2. The second-order valence-electron chi connectivity index (χ2n) is 3.99. The van der Waals surface area contributed by atoms with Crippen LogP contribution in [-0.4, -0.2) is 18.0 Å². The number of rotatable bonds is 3. The molecule has 0 aromatic carbocycles. The van der Waals surface area contributed by atoms with Crippen molar-refractivity contribution >= 4 is 12.0 Å². The number of aliphatic imine (C=N–C) groups is 1. The monoisotopic (exact) mass is 236 g/mol. The van der Waals surface area contributed by atoms with Crippen molar-refractivity contribution < 1.29 is 9.21 Å². The van der Waals surface area contributed by atoms with Gasteiger partial charge in [0.2, 0.25) is 0 Å². The quantitative estimate of drug-likeness (QED) is 0.538. The third-order valence-electron chi connectivity index (χ3n) is 2.64. The third kappa shape index (κ3) is 3.51. The Morgan fingerprint density at radius 1 is 1.59 bits per heavy atom. The van der Waals surface area contributed by atoms with E-state index in [9.17, 15) is 4.79 Å². The van der Waals surface area contributed by atoms with Crippen LogP contribution in [0.25, 0.3) is 0 Å². The van der Waals surface area contributed by atoms with Crippen LogP contribution in [0.4, 0.5) is 4.79 Å². The number of carbonyl (C=O) groups excluding carboxylic acids is 1. The van der Waals surface area contributed by atoms with Crippen LogP contribution in [-0.2, 0) is 6.54 Å². The van der Waals surface area contributed by atoms with Crippen LogP contribution in [0, 0.1) is 0 Å². The van der Waals surface area contributed by atoms with E-state index >= 15 is 0 Å². The van der Waals surface area contributed by atoms with E-state index in [1.165, 1.54) is 6.42 Å². The summed E-state index contributed by atoms with van der Waals surface area (Å²) in [6.07, 6.45) is 4.85. The standard InChI is InChI=1S/C11H16N4O2/c12-10(14-8-3-1-4-8)15-11(16)13-7-9-5-2-6-17-9/h2,5-6,8H,1,3-4,7H2,(H4,12,13,14,15,16). The molecule has 1 heterocycles. The zero-order valence-corrected chi connectivity index (χ0v) is 9.48. The van der Waals surface area contributed by atoms with Crippen molar-refractivity contribution in [2.24, 2.45) is 10.7 Å². The maximum absolute atomic E-state index is 11.4. The minimum atomic E-state index is -0.373. The Hall–Kier alpha value is -1.98. The summed E-state index contributed by atoms with van der Waals surface area (Å²) in [5.41, 5.74) is 5.59.